The SMILES string of the molecule is COC(=O)C1C2CC3c4[nH]c5cc(OC)ccc5c4CC[NH+]3CC2CC(OC(=O)c2cc(OC)c(OC)c(OC)c2)C1OC. The van der Waals surface area contributed by atoms with Crippen LogP contribution in [-0.4, -0.2) is 84.9 Å². The summed E-state index contributed by atoms with van der Waals surface area (Å²) in [6.45, 7) is 1.85. The molecule has 2 fully saturated rings. The molecule has 0 radical (unpaired) electrons. The molecule has 6 rings (SSSR count). The van der Waals surface area contributed by atoms with Crippen LogP contribution in [0.1, 0.15) is 40.5 Å². The fourth-order valence-electron chi connectivity index (χ4n) is 7.96. The molecule has 0 amide bonds. The molecule has 236 valence electrons. The standard InChI is InChI=1S/C33H40N2O9/c1-38-19-7-8-20-21-9-10-35-16-18-13-27(44-32(36)17-11-25(39-2)30(41-4)26(12-17)40-3)31(42-5)28(33(37)43-6)22(18)15-24(35)29(21)34-23(20)14-19/h7-8,11-12,14,18,22,24,27-28,31,34H,9-10,13,15-16H2,1-6H3/p+1. The van der Waals surface area contributed by atoms with E-state index in [1.165, 1.54) is 50.0 Å². The number of hydrogen-bond donors (Lipinski definition) is 2. The highest BCUT2D eigenvalue weighted by Crippen LogP contribution is 2.46. The van der Waals surface area contributed by atoms with Crippen LogP contribution in [0.3, 0.4) is 0 Å². The number of H-pyrrole nitrogens is 1. The maximum absolute atomic E-state index is 13.5. The number of nitrogens with one attached hydrogen (secondary N) is 2. The Balaban J connectivity index is 1.29. The lowest BCUT2D eigenvalue weighted by molar-refractivity contribution is -0.945. The van der Waals surface area contributed by atoms with Crippen LogP contribution in [0.15, 0.2) is 30.3 Å². The summed E-state index contributed by atoms with van der Waals surface area (Å²) in [5, 5.41) is 1.23. The average molecular weight is 610 g/mol. The smallest absolute Gasteiger partial charge is 0.338 e. The van der Waals surface area contributed by atoms with Crippen LogP contribution in [0.2, 0.25) is 0 Å². The molecule has 3 heterocycles. The first kappa shape index (κ1) is 30.1. The lowest BCUT2D eigenvalue weighted by Gasteiger charge is -2.50. The molecule has 44 heavy (non-hydrogen) atoms. The van der Waals surface area contributed by atoms with Gasteiger partial charge in [0.2, 0.25) is 5.75 Å². The summed E-state index contributed by atoms with van der Waals surface area (Å²) < 4.78 is 39.1. The molecule has 11 heteroatoms. The van der Waals surface area contributed by atoms with Crippen LogP contribution < -0.4 is 23.8 Å². The number of carbonyl (C=O) groups is 2. The highest BCUT2D eigenvalue weighted by atomic mass is 16.6. The number of piperidine rings is 1. The van der Waals surface area contributed by atoms with Crippen molar-refractivity contribution in [2.75, 3.05) is 55.7 Å². The Kier molecular flexibility index (Phi) is 8.34. The molecule has 1 saturated carbocycles. The first-order valence-electron chi connectivity index (χ1n) is 15.0. The predicted octanol–water partition coefficient (Wildman–Crippen LogP) is 2.75. The van der Waals surface area contributed by atoms with Crippen LogP contribution in [-0.2, 0) is 25.4 Å². The van der Waals surface area contributed by atoms with Crippen molar-refractivity contribution in [1.29, 1.82) is 0 Å². The number of benzene rings is 2. The zero-order chi connectivity index (χ0) is 31.1. The minimum absolute atomic E-state index is 0.00387. The molecule has 3 aliphatic rings. The zero-order valence-electron chi connectivity index (χ0n) is 26.1. The Hall–Kier alpha value is -3.96. The Morgan fingerprint density at radius 1 is 0.909 bits per heavy atom. The highest BCUT2D eigenvalue weighted by molar-refractivity contribution is 5.91. The molecule has 3 aromatic rings. The quantitative estimate of drug-likeness (QED) is 0.372. The lowest BCUT2D eigenvalue weighted by Crippen LogP contribution is -3.15. The van der Waals surface area contributed by atoms with E-state index in [-0.39, 0.29) is 29.4 Å². The molecule has 0 spiro atoms. The highest BCUT2D eigenvalue weighted by Gasteiger charge is 2.56. The van der Waals surface area contributed by atoms with Crippen LogP contribution in [0.25, 0.3) is 10.9 Å². The molecule has 2 N–H and O–H groups in total. The van der Waals surface area contributed by atoms with Gasteiger partial charge in [0, 0.05) is 42.8 Å². The number of ether oxygens (including phenoxy) is 7. The molecule has 7 unspecified atom stereocenters. The van der Waals surface area contributed by atoms with Crippen molar-refractivity contribution in [3.63, 3.8) is 0 Å². The summed E-state index contributed by atoms with van der Waals surface area (Å²) in [7, 11) is 9.12. The van der Waals surface area contributed by atoms with Gasteiger partial charge in [-0.25, -0.2) is 4.79 Å². The average Bonchev–Trinajstić information content (AvgIpc) is 3.43. The topological polar surface area (TPSA) is 119 Å². The van der Waals surface area contributed by atoms with Gasteiger partial charge in [0.05, 0.1) is 65.8 Å². The first-order chi connectivity index (χ1) is 21.3. The monoisotopic (exact) mass is 609 g/mol. The van der Waals surface area contributed by atoms with E-state index in [9.17, 15) is 9.59 Å². The maximum atomic E-state index is 13.5. The van der Waals surface area contributed by atoms with Crippen LogP contribution in [0.5, 0.6) is 23.0 Å². The van der Waals surface area contributed by atoms with Crippen molar-refractivity contribution in [3.8, 4) is 23.0 Å². The van der Waals surface area contributed by atoms with Gasteiger partial charge in [0.25, 0.3) is 0 Å². The van der Waals surface area contributed by atoms with Gasteiger partial charge < -0.3 is 43.0 Å². The summed E-state index contributed by atoms with van der Waals surface area (Å²) in [4.78, 5) is 32.2. The molecule has 11 nitrogen and oxygen atoms in total. The van der Waals surface area contributed by atoms with Crippen molar-refractivity contribution < 1.29 is 47.6 Å². The lowest BCUT2D eigenvalue weighted by atomic mass is 9.63. The third-order valence-corrected chi connectivity index (χ3v) is 9.94. The molecule has 1 aromatic heterocycles. The third-order valence-electron chi connectivity index (χ3n) is 9.94. The summed E-state index contributed by atoms with van der Waals surface area (Å²) in [6, 6.07) is 9.51. The summed E-state index contributed by atoms with van der Waals surface area (Å²) in [6.07, 6.45) is 1.04. The van der Waals surface area contributed by atoms with Gasteiger partial charge in [-0.05, 0) is 42.2 Å². The molecule has 2 aliphatic heterocycles. The fraction of sp³-hybridized carbons (Fsp3) is 0.515. The number of fused-ring (bicyclic) bond motifs is 6. The van der Waals surface area contributed by atoms with Crippen LogP contribution >= 0.6 is 0 Å². The van der Waals surface area contributed by atoms with E-state index in [2.05, 4.69) is 11.1 Å². The minimum Gasteiger partial charge on any atom is -0.497 e. The molecule has 1 aliphatic carbocycles. The number of methoxy groups -OCH3 is 6. The van der Waals surface area contributed by atoms with Gasteiger partial charge in [0.1, 0.15) is 24.0 Å². The van der Waals surface area contributed by atoms with Gasteiger partial charge in [-0.15, -0.1) is 0 Å². The molecule has 7 atom stereocenters. The van der Waals surface area contributed by atoms with E-state index < -0.39 is 24.1 Å². The maximum Gasteiger partial charge on any atom is 0.338 e. The number of aromatic amines is 1. The number of aromatic nitrogens is 1. The van der Waals surface area contributed by atoms with Crippen LogP contribution in [0, 0.1) is 17.8 Å². The van der Waals surface area contributed by atoms with Crippen molar-refractivity contribution in [2.24, 2.45) is 17.8 Å². The third kappa shape index (κ3) is 5.01. The summed E-state index contributed by atoms with van der Waals surface area (Å²) in [5.41, 5.74) is 3.90. The molecular formula is C33H41N2O9+. The second kappa shape index (κ2) is 12.2. The van der Waals surface area contributed by atoms with E-state index in [1.807, 2.05) is 12.1 Å². The van der Waals surface area contributed by atoms with Gasteiger partial charge in [0.15, 0.2) is 11.5 Å². The normalized spacial score (nSPS) is 27.4. The Labute approximate surface area is 256 Å². The first-order valence-corrected chi connectivity index (χ1v) is 15.0. The molecule has 1 saturated heterocycles. The van der Waals surface area contributed by atoms with E-state index in [0.717, 1.165) is 37.2 Å². The van der Waals surface area contributed by atoms with Gasteiger partial charge in [-0.2, -0.15) is 0 Å². The summed E-state index contributed by atoms with van der Waals surface area (Å²) in [5.74, 6) is 0.544. The number of carbonyl (C=O) groups excluding carboxylic acids is 2. The largest absolute Gasteiger partial charge is 0.497 e. The number of rotatable bonds is 8. The molecule has 2 aromatic carbocycles. The van der Waals surface area contributed by atoms with E-state index >= 15 is 0 Å². The fourth-order valence-corrected chi connectivity index (χ4v) is 7.96. The number of quaternary nitrogens is 1. The summed E-state index contributed by atoms with van der Waals surface area (Å²) >= 11 is 0. The number of hydrogen-bond acceptors (Lipinski definition) is 9. The van der Waals surface area contributed by atoms with Crippen LogP contribution in [0.4, 0.5) is 0 Å². The van der Waals surface area contributed by atoms with E-state index in [1.54, 1.807) is 26.4 Å². The van der Waals surface area contributed by atoms with Crippen molar-refractivity contribution >= 4 is 22.8 Å². The van der Waals surface area contributed by atoms with Gasteiger partial charge >= 0.3 is 11.9 Å². The predicted molar refractivity (Wildman–Crippen MR) is 160 cm³/mol. The van der Waals surface area contributed by atoms with Crippen molar-refractivity contribution in [1.82, 2.24) is 4.98 Å². The van der Waals surface area contributed by atoms with Gasteiger partial charge in [-0.1, -0.05) is 0 Å². The Morgan fingerprint density at radius 3 is 2.30 bits per heavy atom. The Bertz CT molecular complexity index is 1530. The Morgan fingerprint density at radius 2 is 1.66 bits per heavy atom. The molecule has 0 bridgehead atoms. The van der Waals surface area contributed by atoms with E-state index in [4.69, 9.17) is 33.2 Å². The number of esters is 2. The van der Waals surface area contributed by atoms with Crippen molar-refractivity contribution in [2.45, 2.75) is 37.5 Å². The van der Waals surface area contributed by atoms with Gasteiger partial charge in [-0.3, -0.25) is 4.79 Å². The second-order valence-corrected chi connectivity index (χ2v) is 11.8. The van der Waals surface area contributed by atoms with E-state index in [0.29, 0.717) is 23.7 Å². The zero-order valence-corrected chi connectivity index (χ0v) is 26.1. The second-order valence-electron chi connectivity index (χ2n) is 11.8. The molecular weight excluding hydrogens is 568 g/mol. The van der Waals surface area contributed by atoms with Crippen molar-refractivity contribution in [3.05, 3.63) is 47.2 Å². The minimum atomic E-state index is -0.661.